The molecule has 0 unspecified atom stereocenters. The van der Waals surface area contributed by atoms with Gasteiger partial charge in [0.2, 0.25) is 5.36 Å². The minimum Gasteiger partial charge on any atom is -0.744 e. The Kier molecular flexibility index (Phi) is 7.17. The zero-order chi connectivity index (χ0) is 27.1. The van der Waals surface area contributed by atoms with E-state index in [9.17, 15) is 25.9 Å². The third kappa shape index (κ3) is 5.12. The van der Waals surface area contributed by atoms with Crippen LogP contribution in [0.5, 0.6) is 0 Å². The lowest BCUT2D eigenvalue weighted by atomic mass is 9.93. The first-order valence-electron chi connectivity index (χ1n) is 11.8. The Hall–Kier alpha value is -3.25. The second kappa shape index (κ2) is 9.90. The molecule has 0 atom stereocenters. The molecule has 1 aliphatic carbocycles. The normalized spacial score (nSPS) is 12.3. The SMILES string of the molecule is CCN(C)c1ccc2c(-c3ccc(S(=O)(=O)O)cc3S(=O)(=O)[O-])c3ccc(=[N+](CC)CC)cc-3oc2c1. The minimum absolute atomic E-state index is 0.0142. The van der Waals surface area contributed by atoms with Crippen LogP contribution in [0.4, 0.5) is 5.69 Å². The van der Waals surface area contributed by atoms with Crippen molar-refractivity contribution in [2.45, 2.75) is 30.6 Å². The van der Waals surface area contributed by atoms with Gasteiger partial charge in [0.05, 0.1) is 15.9 Å². The van der Waals surface area contributed by atoms with Crippen LogP contribution in [-0.4, -0.2) is 52.6 Å². The molecular formula is C26H28N2O7S2. The summed E-state index contributed by atoms with van der Waals surface area (Å²) >= 11 is 0. The molecule has 0 saturated heterocycles. The van der Waals surface area contributed by atoms with Crippen LogP contribution in [0.1, 0.15) is 20.8 Å². The van der Waals surface area contributed by atoms with Gasteiger partial charge in [0, 0.05) is 53.5 Å². The average Bonchev–Trinajstić information content (AvgIpc) is 2.85. The van der Waals surface area contributed by atoms with Gasteiger partial charge < -0.3 is 13.9 Å². The van der Waals surface area contributed by atoms with Crippen molar-refractivity contribution in [1.82, 2.24) is 4.58 Å². The van der Waals surface area contributed by atoms with Crippen molar-refractivity contribution in [3.8, 4) is 22.5 Å². The van der Waals surface area contributed by atoms with Gasteiger partial charge in [0.15, 0.2) is 0 Å². The molecule has 1 N–H and O–H groups in total. The van der Waals surface area contributed by atoms with Gasteiger partial charge in [0.1, 0.15) is 34.6 Å². The van der Waals surface area contributed by atoms with Gasteiger partial charge in [-0.15, -0.1) is 0 Å². The lowest BCUT2D eigenvalue weighted by Gasteiger charge is -2.21. The first kappa shape index (κ1) is 26.8. The quantitative estimate of drug-likeness (QED) is 0.212. The van der Waals surface area contributed by atoms with Crippen molar-refractivity contribution in [2.75, 3.05) is 31.6 Å². The Balaban J connectivity index is 2.20. The third-order valence-electron chi connectivity index (χ3n) is 6.52. The molecule has 196 valence electrons. The Morgan fingerprint density at radius 2 is 1.59 bits per heavy atom. The van der Waals surface area contributed by atoms with Crippen LogP contribution in [0, 0.1) is 0 Å². The van der Waals surface area contributed by atoms with Crippen LogP contribution in [0.3, 0.4) is 0 Å². The standard InChI is InChI=1S/C26H28N2O7S2/c1-5-27(4)17-8-11-20-23(14-17)35-24-15-18(28(6-2)7-3)9-12-21(24)26(20)22-13-10-19(36(29,30)31)16-25(22)37(32,33)34/h8-16H,5-7H2,1-4H3,(H-,29,30,31,32,33,34). The van der Waals surface area contributed by atoms with Gasteiger partial charge in [-0.2, -0.15) is 8.42 Å². The van der Waals surface area contributed by atoms with Crippen molar-refractivity contribution < 1.29 is 30.4 Å². The molecule has 0 fully saturated rings. The van der Waals surface area contributed by atoms with Crippen LogP contribution in [0.2, 0.25) is 0 Å². The number of benzene rings is 3. The van der Waals surface area contributed by atoms with Gasteiger partial charge in [-0.1, -0.05) is 6.07 Å². The second-order valence-corrected chi connectivity index (χ2v) is 11.4. The van der Waals surface area contributed by atoms with E-state index in [0.29, 0.717) is 33.9 Å². The summed E-state index contributed by atoms with van der Waals surface area (Å²) < 4.78 is 78.3. The lowest BCUT2D eigenvalue weighted by molar-refractivity contribution is 0.463. The minimum atomic E-state index is -5.13. The molecule has 0 amide bonds. The molecule has 37 heavy (non-hydrogen) atoms. The molecule has 0 spiro atoms. The van der Waals surface area contributed by atoms with Gasteiger partial charge in [0.25, 0.3) is 10.1 Å². The van der Waals surface area contributed by atoms with Crippen molar-refractivity contribution in [3.05, 3.63) is 60.0 Å². The molecule has 0 radical (unpaired) electrons. The summed E-state index contributed by atoms with van der Waals surface area (Å²) in [6.07, 6.45) is 0. The molecule has 0 bridgehead atoms. The summed E-state index contributed by atoms with van der Waals surface area (Å²) in [6.45, 7) is 8.35. The molecule has 11 heteroatoms. The summed E-state index contributed by atoms with van der Waals surface area (Å²) in [7, 11) is -7.94. The predicted octanol–water partition coefficient (Wildman–Crippen LogP) is 3.62. The third-order valence-corrected chi connectivity index (χ3v) is 8.25. The van der Waals surface area contributed by atoms with E-state index in [4.69, 9.17) is 4.42 Å². The zero-order valence-electron chi connectivity index (χ0n) is 20.9. The number of fused-ring (bicyclic) bond motifs is 2. The first-order valence-corrected chi connectivity index (χ1v) is 14.6. The number of anilines is 1. The maximum absolute atomic E-state index is 12.3. The summed E-state index contributed by atoms with van der Waals surface area (Å²) in [4.78, 5) is 0.578. The van der Waals surface area contributed by atoms with E-state index in [-0.39, 0.29) is 5.56 Å². The van der Waals surface area contributed by atoms with Gasteiger partial charge in [-0.05, 0) is 51.1 Å². The highest BCUT2D eigenvalue weighted by molar-refractivity contribution is 7.86. The molecule has 4 rings (SSSR count). The van der Waals surface area contributed by atoms with E-state index < -0.39 is 30.0 Å². The zero-order valence-corrected chi connectivity index (χ0v) is 22.6. The van der Waals surface area contributed by atoms with E-state index in [1.807, 2.05) is 57.0 Å². The largest absolute Gasteiger partial charge is 0.744 e. The fourth-order valence-corrected chi connectivity index (χ4v) is 5.73. The first-order chi connectivity index (χ1) is 17.4. The summed E-state index contributed by atoms with van der Waals surface area (Å²) in [6, 6.07) is 14.0. The fraction of sp³-hybridized carbons (Fsp3) is 0.269. The molecule has 1 heterocycles. The topological polar surface area (TPSA) is 131 Å². The Bertz CT molecular complexity index is 1750. The Labute approximate surface area is 216 Å². The highest BCUT2D eigenvalue weighted by Gasteiger charge is 2.24. The Morgan fingerprint density at radius 3 is 2.19 bits per heavy atom. The molecule has 0 saturated carbocycles. The highest BCUT2D eigenvalue weighted by atomic mass is 32.2. The number of hydrogen-bond donors (Lipinski definition) is 1. The summed E-state index contributed by atoms with van der Waals surface area (Å²) in [5, 5.41) is 1.45. The number of hydrogen-bond acceptors (Lipinski definition) is 7. The predicted molar refractivity (Wildman–Crippen MR) is 141 cm³/mol. The summed E-state index contributed by atoms with van der Waals surface area (Å²) in [5.74, 6) is 0.469. The van der Waals surface area contributed by atoms with Gasteiger partial charge in [-0.25, -0.2) is 13.0 Å². The lowest BCUT2D eigenvalue weighted by Crippen LogP contribution is -2.29. The van der Waals surface area contributed by atoms with E-state index in [1.54, 1.807) is 12.1 Å². The van der Waals surface area contributed by atoms with Gasteiger partial charge in [-0.3, -0.25) is 4.55 Å². The van der Waals surface area contributed by atoms with Crippen molar-refractivity contribution >= 4 is 36.9 Å². The maximum Gasteiger partial charge on any atom is 0.294 e. The second-order valence-electron chi connectivity index (χ2n) is 8.61. The fourth-order valence-electron chi connectivity index (χ4n) is 4.44. The van der Waals surface area contributed by atoms with E-state index >= 15 is 0 Å². The average molecular weight is 545 g/mol. The van der Waals surface area contributed by atoms with E-state index in [0.717, 1.165) is 36.7 Å². The van der Waals surface area contributed by atoms with Crippen molar-refractivity contribution in [1.29, 1.82) is 0 Å². The van der Waals surface area contributed by atoms with Crippen LogP contribution >= 0.6 is 0 Å². The van der Waals surface area contributed by atoms with E-state index in [1.165, 1.54) is 6.07 Å². The molecule has 2 aromatic carbocycles. The van der Waals surface area contributed by atoms with Crippen molar-refractivity contribution in [3.63, 3.8) is 0 Å². The van der Waals surface area contributed by atoms with Gasteiger partial charge >= 0.3 is 0 Å². The Morgan fingerprint density at radius 1 is 0.919 bits per heavy atom. The van der Waals surface area contributed by atoms with Crippen molar-refractivity contribution in [2.24, 2.45) is 0 Å². The smallest absolute Gasteiger partial charge is 0.294 e. The van der Waals surface area contributed by atoms with Crippen LogP contribution in [0.15, 0.2) is 68.8 Å². The van der Waals surface area contributed by atoms with Crippen LogP contribution < -0.4 is 14.8 Å². The van der Waals surface area contributed by atoms with Crippen LogP contribution in [0.25, 0.3) is 33.4 Å². The monoisotopic (exact) mass is 544 g/mol. The molecule has 1 aliphatic heterocycles. The molecule has 9 nitrogen and oxygen atoms in total. The number of nitrogens with zero attached hydrogens (tertiary/aromatic N) is 2. The molecule has 0 aromatic heterocycles. The van der Waals surface area contributed by atoms with E-state index in [2.05, 4.69) is 4.58 Å². The molecular weight excluding hydrogens is 516 g/mol. The number of rotatable bonds is 7. The molecule has 2 aliphatic rings. The van der Waals surface area contributed by atoms with Crippen LogP contribution in [-0.2, 0) is 20.2 Å². The highest BCUT2D eigenvalue weighted by Crippen LogP contribution is 2.43. The summed E-state index contributed by atoms with van der Waals surface area (Å²) in [5.41, 5.74) is 2.31. The molecule has 2 aromatic rings. The maximum atomic E-state index is 12.3.